The normalized spacial score (nSPS) is 17.9. The molecule has 1 amide bonds. The summed E-state index contributed by atoms with van der Waals surface area (Å²) >= 11 is 0. The van der Waals surface area contributed by atoms with Crippen molar-refractivity contribution in [1.29, 1.82) is 0 Å². The van der Waals surface area contributed by atoms with Crippen LogP contribution in [0.25, 0.3) is 5.69 Å². The third-order valence-corrected chi connectivity index (χ3v) is 5.09. The zero-order chi connectivity index (χ0) is 23.8. The van der Waals surface area contributed by atoms with E-state index < -0.39 is 48.5 Å². The largest absolute Gasteiger partial charge is 0.475 e. The molecule has 1 fully saturated rings. The SMILES string of the molecule is O=C(c1cc(F)ccc1-n1nccn1)N1CCC(F)(F)C1COc1ccc(C(F)(F)F)cn1. The van der Waals surface area contributed by atoms with Gasteiger partial charge in [-0.15, -0.1) is 0 Å². The van der Waals surface area contributed by atoms with Crippen molar-refractivity contribution in [2.45, 2.75) is 24.6 Å². The van der Waals surface area contributed by atoms with Gasteiger partial charge in [-0.3, -0.25) is 4.79 Å². The number of pyridine rings is 1. The van der Waals surface area contributed by atoms with Crippen molar-refractivity contribution in [3.05, 3.63) is 65.9 Å². The lowest BCUT2D eigenvalue weighted by atomic mass is 10.1. The molecular weight excluding hydrogens is 456 g/mol. The number of aromatic nitrogens is 4. The number of hydrogen-bond acceptors (Lipinski definition) is 5. The van der Waals surface area contributed by atoms with E-state index in [9.17, 15) is 31.1 Å². The molecule has 1 saturated heterocycles. The zero-order valence-corrected chi connectivity index (χ0v) is 16.6. The lowest BCUT2D eigenvalue weighted by molar-refractivity contribution is -0.137. The van der Waals surface area contributed by atoms with Crippen molar-refractivity contribution < 1.29 is 35.9 Å². The predicted molar refractivity (Wildman–Crippen MR) is 100 cm³/mol. The van der Waals surface area contributed by atoms with Crippen LogP contribution in [0.5, 0.6) is 5.88 Å². The summed E-state index contributed by atoms with van der Waals surface area (Å²) in [6, 6.07) is 3.06. The average molecular weight is 471 g/mol. The highest BCUT2D eigenvalue weighted by atomic mass is 19.4. The second-order valence-corrected chi connectivity index (χ2v) is 7.20. The number of hydrogen-bond donors (Lipinski definition) is 0. The van der Waals surface area contributed by atoms with Gasteiger partial charge >= 0.3 is 6.18 Å². The maximum atomic E-state index is 14.6. The Kier molecular flexibility index (Phi) is 5.72. The van der Waals surface area contributed by atoms with Crippen molar-refractivity contribution in [2.24, 2.45) is 0 Å². The third kappa shape index (κ3) is 4.61. The molecule has 4 rings (SSSR count). The van der Waals surface area contributed by atoms with E-state index in [1.807, 2.05) is 0 Å². The fraction of sp³-hybridized carbons (Fsp3) is 0.300. The molecule has 7 nitrogen and oxygen atoms in total. The molecule has 1 aromatic carbocycles. The van der Waals surface area contributed by atoms with Crippen molar-refractivity contribution in [1.82, 2.24) is 24.9 Å². The van der Waals surface area contributed by atoms with Gasteiger partial charge in [-0.05, 0) is 24.3 Å². The van der Waals surface area contributed by atoms with Crippen LogP contribution < -0.4 is 4.74 Å². The Morgan fingerprint density at radius 3 is 2.52 bits per heavy atom. The highest BCUT2D eigenvalue weighted by Crippen LogP contribution is 2.36. The lowest BCUT2D eigenvalue weighted by Crippen LogP contribution is -2.46. The molecule has 1 unspecified atom stereocenters. The molecule has 0 spiro atoms. The monoisotopic (exact) mass is 471 g/mol. The zero-order valence-electron chi connectivity index (χ0n) is 16.6. The average Bonchev–Trinajstić information content (AvgIpc) is 3.39. The summed E-state index contributed by atoms with van der Waals surface area (Å²) in [6.07, 6.45) is -2.11. The number of alkyl halides is 5. The molecule has 1 atom stereocenters. The topological polar surface area (TPSA) is 73.1 Å². The van der Waals surface area contributed by atoms with Gasteiger partial charge in [0.05, 0.1) is 29.2 Å². The van der Waals surface area contributed by atoms with Gasteiger partial charge in [0.15, 0.2) is 0 Å². The van der Waals surface area contributed by atoms with Gasteiger partial charge in [-0.1, -0.05) is 0 Å². The molecule has 0 aliphatic carbocycles. The number of likely N-dealkylation sites (tertiary alicyclic amines) is 1. The summed E-state index contributed by atoms with van der Waals surface area (Å²) in [5.41, 5.74) is -1.17. The van der Waals surface area contributed by atoms with Crippen LogP contribution in [-0.2, 0) is 6.18 Å². The van der Waals surface area contributed by atoms with E-state index in [1.165, 1.54) is 18.5 Å². The minimum Gasteiger partial charge on any atom is -0.475 e. The van der Waals surface area contributed by atoms with Gasteiger partial charge in [-0.2, -0.15) is 28.2 Å². The molecule has 3 heterocycles. The van der Waals surface area contributed by atoms with E-state index in [4.69, 9.17) is 4.74 Å². The van der Waals surface area contributed by atoms with Gasteiger partial charge in [0.25, 0.3) is 11.8 Å². The molecule has 2 aromatic heterocycles. The van der Waals surface area contributed by atoms with E-state index in [2.05, 4.69) is 15.2 Å². The van der Waals surface area contributed by atoms with E-state index in [1.54, 1.807) is 0 Å². The van der Waals surface area contributed by atoms with Crippen molar-refractivity contribution in [3.8, 4) is 11.6 Å². The number of amides is 1. The Morgan fingerprint density at radius 1 is 1.15 bits per heavy atom. The Hall–Kier alpha value is -3.64. The number of carbonyl (C=O) groups excluding carboxylic acids is 1. The first-order chi connectivity index (χ1) is 15.6. The highest BCUT2D eigenvalue weighted by molar-refractivity contribution is 5.98. The van der Waals surface area contributed by atoms with E-state index in [0.717, 1.165) is 27.9 Å². The van der Waals surface area contributed by atoms with Crippen molar-refractivity contribution in [2.75, 3.05) is 13.2 Å². The number of halogens is 6. The summed E-state index contributed by atoms with van der Waals surface area (Å²) < 4.78 is 86.2. The molecule has 1 aliphatic rings. The lowest BCUT2D eigenvalue weighted by Gasteiger charge is -2.28. The van der Waals surface area contributed by atoms with Crippen LogP contribution in [0.15, 0.2) is 48.9 Å². The number of carbonyl (C=O) groups is 1. The second-order valence-electron chi connectivity index (χ2n) is 7.20. The highest BCUT2D eigenvalue weighted by Gasteiger charge is 2.51. The van der Waals surface area contributed by atoms with Gasteiger partial charge in [0.2, 0.25) is 5.88 Å². The number of ether oxygens (including phenoxy) is 1. The molecule has 3 aromatic rings. The van der Waals surface area contributed by atoms with Crippen LogP contribution in [-0.4, -0.2) is 55.9 Å². The standard InChI is InChI=1S/C20H15F6N5O2/c21-13-2-3-15(31-28-6-7-29-31)14(9-13)18(32)30-8-5-19(22,23)16(30)11-33-17-4-1-12(10-27-17)20(24,25)26/h1-4,6-7,9-10,16H,5,8,11H2. The molecular formula is C20H15F6N5O2. The maximum absolute atomic E-state index is 14.6. The maximum Gasteiger partial charge on any atom is 0.417 e. The first-order valence-electron chi connectivity index (χ1n) is 9.57. The summed E-state index contributed by atoms with van der Waals surface area (Å²) in [4.78, 5) is 18.5. The van der Waals surface area contributed by atoms with Gasteiger partial charge < -0.3 is 9.64 Å². The second kappa shape index (κ2) is 8.37. The smallest absolute Gasteiger partial charge is 0.417 e. The molecule has 0 N–H and O–H groups in total. The Balaban J connectivity index is 1.57. The third-order valence-electron chi connectivity index (χ3n) is 5.09. The predicted octanol–water partition coefficient (Wildman–Crippen LogP) is 3.75. The fourth-order valence-electron chi connectivity index (χ4n) is 3.42. The molecule has 33 heavy (non-hydrogen) atoms. The van der Waals surface area contributed by atoms with Crippen molar-refractivity contribution >= 4 is 5.91 Å². The summed E-state index contributed by atoms with van der Waals surface area (Å²) in [5, 5.41) is 7.77. The van der Waals surface area contributed by atoms with Crippen LogP contribution >= 0.6 is 0 Å². The Morgan fingerprint density at radius 2 is 1.88 bits per heavy atom. The summed E-state index contributed by atoms with van der Waals surface area (Å²) in [5.74, 6) is -5.32. The minimum atomic E-state index is -4.61. The van der Waals surface area contributed by atoms with Crippen LogP contribution in [0.2, 0.25) is 0 Å². The first-order valence-corrected chi connectivity index (χ1v) is 9.57. The first kappa shape index (κ1) is 22.6. The van der Waals surface area contributed by atoms with Gasteiger partial charge in [0.1, 0.15) is 18.5 Å². The van der Waals surface area contributed by atoms with Gasteiger partial charge in [-0.25, -0.2) is 18.2 Å². The molecule has 1 aliphatic heterocycles. The number of rotatable bonds is 5. The molecule has 0 saturated carbocycles. The van der Waals surface area contributed by atoms with E-state index in [0.29, 0.717) is 12.3 Å². The van der Waals surface area contributed by atoms with Crippen LogP contribution in [0.1, 0.15) is 22.3 Å². The van der Waals surface area contributed by atoms with E-state index in [-0.39, 0.29) is 23.7 Å². The number of benzene rings is 1. The summed E-state index contributed by atoms with van der Waals surface area (Å²) in [6.45, 7) is -1.08. The van der Waals surface area contributed by atoms with E-state index >= 15 is 0 Å². The molecule has 0 bridgehead atoms. The van der Waals surface area contributed by atoms with Crippen LogP contribution in [0, 0.1) is 5.82 Å². The Labute approximate surface area is 182 Å². The Bertz CT molecular complexity index is 1130. The molecule has 13 heteroatoms. The fourth-order valence-corrected chi connectivity index (χ4v) is 3.42. The molecule has 0 radical (unpaired) electrons. The minimum absolute atomic E-state index is 0.0886. The van der Waals surface area contributed by atoms with Crippen LogP contribution in [0.3, 0.4) is 0 Å². The van der Waals surface area contributed by atoms with Gasteiger partial charge in [0, 0.05) is 25.2 Å². The summed E-state index contributed by atoms with van der Waals surface area (Å²) in [7, 11) is 0. The van der Waals surface area contributed by atoms with Crippen molar-refractivity contribution in [3.63, 3.8) is 0 Å². The quantitative estimate of drug-likeness (QED) is 0.530. The number of nitrogens with zero attached hydrogens (tertiary/aromatic N) is 5. The van der Waals surface area contributed by atoms with Crippen LogP contribution in [0.4, 0.5) is 26.3 Å². The molecule has 174 valence electrons.